The minimum Gasteiger partial charge on any atom is -0.309 e. The third kappa shape index (κ3) is 3.75. The molecule has 3 aromatic heterocycles. The van der Waals surface area contributed by atoms with Crippen molar-refractivity contribution in [3.8, 4) is 11.5 Å². The maximum atomic E-state index is 2.50. The van der Waals surface area contributed by atoms with Crippen LogP contribution in [-0.2, 0) is 12.5 Å². The van der Waals surface area contributed by atoms with Crippen molar-refractivity contribution >= 4 is 43.6 Å². The lowest BCUT2D eigenvalue weighted by Crippen LogP contribution is -2.34. The molecule has 0 spiro atoms. The van der Waals surface area contributed by atoms with Crippen molar-refractivity contribution < 1.29 is 4.57 Å². The molecule has 0 atom stereocenters. The Bertz CT molecular complexity index is 2080. The molecule has 0 fully saturated rings. The summed E-state index contributed by atoms with van der Waals surface area (Å²) in [4.78, 5) is 0. The highest BCUT2D eigenvalue weighted by molar-refractivity contribution is 6.13. The lowest BCUT2D eigenvalue weighted by atomic mass is 9.87. The van der Waals surface area contributed by atoms with Crippen molar-refractivity contribution in [3.05, 3.63) is 114 Å². The highest BCUT2D eigenvalue weighted by atomic mass is 15.1. The van der Waals surface area contributed by atoms with Gasteiger partial charge in [-0.25, -0.2) is 4.57 Å². The van der Waals surface area contributed by atoms with Gasteiger partial charge < -0.3 is 4.57 Å². The third-order valence-electron chi connectivity index (χ3n) is 8.85. The summed E-state index contributed by atoms with van der Waals surface area (Å²) in [5.41, 5.74) is 10.4. The molecule has 0 bridgehead atoms. The van der Waals surface area contributed by atoms with Crippen molar-refractivity contribution in [3.63, 3.8) is 0 Å². The number of rotatable bonds is 3. The van der Waals surface area contributed by atoms with Gasteiger partial charge in [-0.05, 0) is 65.8 Å². The molecule has 204 valence electrons. The monoisotopic (exact) mass is 536 g/mol. The smallest absolute Gasteiger partial charge is 0.286 e. The maximum absolute atomic E-state index is 2.50. The molecule has 3 heterocycles. The first-order valence-corrected chi connectivity index (χ1v) is 14.7. The van der Waals surface area contributed by atoms with Crippen LogP contribution in [-0.4, -0.2) is 9.13 Å². The van der Waals surface area contributed by atoms with Gasteiger partial charge in [-0.15, -0.1) is 0 Å². The van der Waals surface area contributed by atoms with Crippen molar-refractivity contribution in [1.82, 2.24) is 9.13 Å². The summed E-state index contributed by atoms with van der Waals surface area (Å²) in [7, 11) is 2.16. The Hall–Kier alpha value is -4.37. The van der Waals surface area contributed by atoms with Crippen LogP contribution in [0.3, 0.4) is 0 Å². The molecule has 41 heavy (non-hydrogen) atoms. The van der Waals surface area contributed by atoms with Crippen LogP contribution in [0.15, 0.2) is 97.2 Å². The molecule has 0 saturated heterocycles. The van der Waals surface area contributed by atoms with E-state index in [2.05, 4.69) is 159 Å². The van der Waals surface area contributed by atoms with Crippen molar-refractivity contribution in [1.29, 1.82) is 0 Å². The molecule has 0 aliphatic heterocycles. The van der Waals surface area contributed by atoms with Crippen LogP contribution in [0.25, 0.3) is 55.1 Å². The zero-order chi connectivity index (χ0) is 28.6. The van der Waals surface area contributed by atoms with E-state index in [1.54, 1.807) is 0 Å². The van der Waals surface area contributed by atoms with Crippen LogP contribution in [0.1, 0.15) is 57.2 Å². The number of aryl methyl sites for hydroxylation is 2. The van der Waals surface area contributed by atoms with Gasteiger partial charge in [-0.3, -0.25) is 0 Å². The van der Waals surface area contributed by atoms with Gasteiger partial charge in [0.15, 0.2) is 0 Å². The van der Waals surface area contributed by atoms with Gasteiger partial charge in [0.05, 0.1) is 30.0 Å². The lowest BCUT2D eigenvalue weighted by Gasteiger charge is -2.21. The highest BCUT2D eigenvalue weighted by Crippen LogP contribution is 2.42. The Morgan fingerprint density at radius 3 is 1.71 bits per heavy atom. The molecule has 0 radical (unpaired) electrons. The zero-order valence-electron chi connectivity index (χ0n) is 25.2. The van der Waals surface area contributed by atoms with Crippen LogP contribution >= 0.6 is 0 Å². The molecule has 0 saturated carbocycles. The van der Waals surface area contributed by atoms with E-state index in [9.17, 15) is 0 Å². The summed E-state index contributed by atoms with van der Waals surface area (Å²) in [6, 6.07) is 33.6. The topological polar surface area (TPSA) is 13.7 Å². The SMILES string of the molecule is Cc1c(C(C)C)c(-n2c3ccccc3c3ccccc32)cc2c3ccccc3n(-c3cc(C(C)(C)C)cc[n+]3C)c12. The third-order valence-corrected chi connectivity index (χ3v) is 8.85. The summed E-state index contributed by atoms with van der Waals surface area (Å²) in [5, 5.41) is 5.16. The molecule has 0 unspecified atom stereocenters. The van der Waals surface area contributed by atoms with Gasteiger partial charge in [-0.1, -0.05) is 83.1 Å². The van der Waals surface area contributed by atoms with Crippen LogP contribution in [0.5, 0.6) is 0 Å². The van der Waals surface area contributed by atoms with Crippen LogP contribution in [0.4, 0.5) is 0 Å². The first kappa shape index (κ1) is 25.6. The molecule has 0 aliphatic rings. The first-order chi connectivity index (χ1) is 19.7. The second-order valence-corrected chi connectivity index (χ2v) is 12.8. The summed E-state index contributed by atoms with van der Waals surface area (Å²) < 4.78 is 7.26. The fourth-order valence-electron chi connectivity index (χ4n) is 6.89. The lowest BCUT2D eigenvalue weighted by molar-refractivity contribution is -0.665. The average molecular weight is 537 g/mol. The number of fused-ring (bicyclic) bond motifs is 6. The van der Waals surface area contributed by atoms with Gasteiger partial charge in [-0.2, -0.15) is 4.57 Å². The molecule has 0 amide bonds. The summed E-state index contributed by atoms with van der Waals surface area (Å²) in [6.45, 7) is 13.9. The number of nitrogens with zero attached hydrogens (tertiary/aromatic N) is 3. The molecule has 3 heteroatoms. The normalized spacial score (nSPS) is 12.5. The van der Waals surface area contributed by atoms with Gasteiger partial charge in [0, 0.05) is 33.2 Å². The molecule has 3 nitrogen and oxygen atoms in total. The minimum absolute atomic E-state index is 0.0591. The van der Waals surface area contributed by atoms with Crippen LogP contribution in [0.2, 0.25) is 0 Å². The number of aromatic nitrogens is 3. The van der Waals surface area contributed by atoms with Gasteiger partial charge >= 0.3 is 0 Å². The standard InChI is InChI=1S/C38H38N3/c1-24(2)36-25(3)37-30(23-34(36)40-31-17-11-8-14-27(31)28-15-9-12-18-32(28)40)29-16-10-13-19-33(29)41(37)35-22-26(38(4,5)6)20-21-39(35)7/h8-24H,1-7H3/q+1. The van der Waals surface area contributed by atoms with Crippen molar-refractivity contribution in [2.75, 3.05) is 0 Å². The summed E-state index contributed by atoms with van der Waals surface area (Å²) in [6.07, 6.45) is 2.21. The predicted molar refractivity (Wildman–Crippen MR) is 174 cm³/mol. The van der Waals surface area contributed by atoms with Crippen LogP contribution in [0, 0.1) is 6.92 Å². The fourth-order valence-corrected chi connectivity index (χ4v) is 6.89. The van der Waals surface area contributed by atoms with E-state index >= 15 is 0 Å². The van der Waals surface area contributed by atoms with E-state index in [1.165, 1.54) is 71.8 Å². The second kappa shape index (κ2) is 9.07. The largest absolute Gasteiger partial charge is 0.309 e. The van der Waals surface area contributed by atoms with Crippen molar-refractivity contribution in [2.24, 2.45) is 7.05 Å². The number of benzene rings is 4. The molecule has 4 aromatic carbocycles. The zero-order valence-corrected chi connectivity index (χ0v) is 25.2. The number of hydrogen-bond donors (Lipinski definition) is 0. The number of hydrogen-bond acceptors (Lipinski definition) is 0. The molecular formula is C38H38N3+. The Morgan fingerprint density at radius 2 is 1.17 bits per heavy atom. The van der Waals surface area contributed by atoms with E-state index in [-0.39, 0.29) is 5.41 Å². The first-order valence-electron chi connectivity index (χ1n) is 14.7. The van der Waals surface area contributed by atoms with Crippen molar-refractivity contribution in [2.45, 2.75) is 52.9 Å². The second-order valence-electron chi connectivity index (χ2n) is 12.8. The van der Waals surface area contributed by atoms with Gasteiger partial charge in [0.25, 0.3) is 5.82 Å². The maximum Gasteiger partial charge on any atom is 0.286 e. The molecule has 0 aliphatic carbocycles. The number of pyridine rings is 1. The van der Waals surface area contributed by atoms with E-state index in [1.807, 2.05) is 0 Å². The molecule has 7 rings (SSSR count). The molecule has 0 N–H and O–H groups in total. The average Bonchev–Trinajstić information content (AvgIpc) is 3.46. The minimum atomic E-state index is 0.0591. The Morgan fingerprint density at radius 1 is 0.659 bits per heavy atom. The molecule has 7 aromatic rings. The van der Waals surface area contributed by atoms with Gasteiger partial charge in [0.2, 0.25) is 0 Å². The Labute approximate surface area is 242 Å². The fraction of sp³-hybridized carbons (Fsp3) is 0.237. The van der Waals surface area contributed by atoms with Crippen LogP contribution < -0.4 is 4.57 Å². The number of para-hydroxylation sites is 3. The Balaban J connectivity index is 1.67. The van der Waals surface area contributed by atoms with E-state index in [4.69, 9.17) is 0 Å². The Kier molecular flexibility index (Phi) is 5.66. The van der Waals surface area contributed by atoms with E-state index in [0.717, 1.165) is 0 Å². The predicted octanol–water partition coefficient (Wildman–Crippen LogP) is 9.43. The highest BCUT2D eigenvalue weighted by Gasteiger charge is 2.28. The molecular weight excluding hydrogens is 498 g/mol. The quantitative estimate of drug-likeness (QED) is 0.200. The summed E-state index contributed by atoms with van der Waals surface area (Å²) >= 11 is 0. The van der Waals surface area contributed by atoms with E-state index in [0.29, 0.717) is 5.92 Å². The van der Waals surface area contributed by atoms with Gasteiger partial charge in [0.1, 0.15) is 11.0 Å². The van der Waals surface area contributed by atoms with E-state index < -0.39 is 0 Å². The summed E-state index contributed by atoms with van der Waals surface area (Å²) in [5.74, 6) is 1.53.